The predicted octanol–water partition coefficient (Wildman–Crippen LogP) is 2.26. The average molecular weight is 232 g/mol. The maximum absolute atomic E-state index is 13.3. The fourth-order valence-electron chi connectivity index (χ4n) is 1.43. The highest BCUT2D eigenvalue weighted by Gasteiger charge is 2.02. The second-order valence-corrected chi connectivity index (χ2v) is 3.57. The van der Waals surface area contributed by atoms with Crippen LogP contribution in [0.25, 0.3) is 0 Å². The van der Waals surface area contributed by atoms with Gasteiger partial charge in [0, 0.05) is 24.4 Å². The third-order valence-electron chi connectivity index (χ3n) is 2.35. The molecule has 0 radical (unpaired) electrons. The molecule has 88 valence electrons. The van der Waals surface area contributed by atoms with Crippen molar-refractivity contribution >= 4 is 0 Å². The molecular weight excluding hydrogens is 219 g/mol. The van der Waals surface area contributed by atoms with Crippen LogP contribution in [0.2, 0.25) is 0 Å². The molecule has 0 saturated carbocycles. The molecule has 0 aliphatic heterocycles. The Labute approximate surface area is 99.1 Å². The quantitative estimate of drug-likeness (QED) is 0.879. The summed E-state index contributed by atoms with van der Waals surface area (Å²) in [7, 11) is 0. The highest BCUT2D eigenvalue weighted by molar-refractivity contribution is 5.24. The van der Waals surface area contributed by atoms with E-state index in [1.165, 1.54) is 6.07 Å². The van der Waals surface area contributed by atoms with E-state index in [0.717, 1.165) is 5.69 Å². The summed E-state index contributed by atoms with van der Waals surface area (Å²) in [6, 6.07) is 10.0. The van der Waals surface area contributed by atoms with E-state index in [9.17, 15) is 4.39 Å². The lowest BCUT2D eigenvalue weighted by Crippen LogP contribution is -2.02. The number of rotatable bonds is 4. The topological polar surface area (TPSA) is 48.1 Å². The van der Waals surface area contributed by atoms with Gasteiger partial charge in [0.25, 0.3) is 0 Å². The van der Waals surface area contributed by atoms with E-state index < -0.39 is 0 Å². The van der Waals surface area contributed by atoms with Crippen LogP contribution in [0, 0.1) is 5.82 Å². The molecule has 2 aromatic rings. The van der Waals surface area contributed by atoms with Crippen molar-refractivity contribution in [1.29, 1.82) is 0 Å². The molecule has 4 heteroatoms. The fraction of sp³-hybridized carbons (Fsp3) is 0.154. The van der Waals surface area contributed by atoms with E-state index in [-0.39, 0.29) is 12.4 Å². The molecule has 3 nitrogen and oxygen atoms in total. The molecule has 0 amide bonds. The van der Waals surface area contributed by atoms with Crippen molar-refractivity contribution in [1.82, 2.24) is 4.98 Å². The maximum atomic E-state index is 13.3. The summed E-state index contributed by atoms with van der Waals surface area (Å²) in [6.07, 6.45) is 1.62. The molecule has 1 heterocycles. The van der Waals surface area contributed by atoms with Gasteiger partial charge in [0.2, 0.25) is 0 Å². The van der Waals surface area contributed by atoms with E-state index in [4.69, 9.17) is 10.5 Å². The van der Waals surface area contributed by atoms with Gasteiger partial charge in [-0.2, -0.15) is 0 Å². The van der Waals surface area contributed by atoms with Gasteiger partial charge >= 0.3 is 0 Å². The summed E-state index contributed by atoms with van der Waals surface area (Å²) in [6.45, 7) is 0.553. The van der Waals surface area contributed by atoms with Crippen LogP contribution in [0.15, 0.2) is 42.6 Å². The fourth-order valence-corrected chi connectivity index (χ4v) is 1.43. The van der Waals surface area contributed by atoms with Crippen LogP contribution in [0.3, 0.4) is 0 Å². The third kappa shape index (κ3) is 3.01. The number of nitrogens with two attached hydrogens (primary N) is 1. The summed E-state index contributed by atoms with van der Waals surface area (Å²) in [5, 5.41) is 0. The van der Waals surface area contributed by atoms with Crippen LogP contribution >= 0.6 is 0 Å². The maximum Gasteiger partial charge on any atom is 0.129 e. The standard InChI is InChI=1S/C13H13FN2O/c14-13-4-2-1-3-10(13)9-17-12-5-6-16-11(7-12)8-15/h1-7H,8-9,15H2. The van der Waals surface area contributed by atoms with Gasteiger partial charge < -0.3 is 10.5 Å². The number of aromatic nitrogens is 1. The summed E-state index contributed by atoms with van der Waals surface area (Å²) in [4.78, 5) is 4.05. The zero-order chi connectivity index (χ0) is 12.1. The van der Waals surface area contributed by atoms with Crippen LogP contribution in [0.4, 0.5) is 4.39 Å². The number of ether oxygens (including phenoxy) is 1. The van der Waals surface area contributed by atoms with Crippen LogP contribution in [-0.2, 0) is 13.2 Å². The van der Waals surface area contributed by atoms with Crippen molar-refractivity contribution in [2.45, 2.75) is 13.2 Å². The lowest BCUT2D eigenvalue weighted by atomic mass is 10.2. The number of pyridine rings is 1. The molecule has 0 aliphatic rings. The lowest BCUT2D eigenvalue weighted by molar-refractivity contribution is 0.299. The molecule has 0 bridgehead atoms. The van der Waals surface area contributed by atoms with Gasteiger partial charge in [-0.1, -0.05) is 18.2 Å². The SMILES string of the molecule is NCc1cc(OCc2ccccc2F)ccn1. The molecule has 0 aliphatic carbocycles. The van der Waals surface area contributed by atoms with E-state index in [0.29, 0.717) is 17.9 Å². The van der Waals surface area contributed by atoms with Gasteiger partial charge in [0.15, 0.2) is 0 Å². The Hall–Kier alpha value is -1.94. The Morgan fingerprint density at radius 1 is 1.24 bits per heavy atom. The Kier molecular flexibility index (Phi) is 3.67. The Bertz CT molecular complexity index is 502. The first-order valence-electron chi connectivity index (χ1n) is 5.31. The first-order valence-corrected chi connectivity index (χ1v) is 5.31. The highest BCUT2D eigenvalue weighted by atomic mass is 19.1. The van der Waals surface area contributed by atoms with Gasteiger partial charge in [-0.25, -0.2) is 4.39 Å². The summed E-state index contributed by atoms with van der Waals surface area (Å²) < 4.78 is 18.8. The minimum Gasteiger partial charge on any atom is -0.489 e. The van der Waals surface area contributed by atoms with Crippen LogP contribution in [0.1, 0.15) is 11.3 Å². The van der Waals surface area contributed by atoms with Crippen LogP contribution in [-0.4, -0.2) is 4.98 Å². The lowest BCUT2D eigenvalue weighted by Gasteiger charge is -2.07. The van der Waals surface area contributed by atoms with Crippen molar-refractivity contribution in [2.75, 3.05) is 0 Å². The summed E-state index contributed by atoms with van der Waals surface area (Å²) in [5.41, 5.74) is 6.74. The number of hydrogen-bond acceptors (Lipinski definition) is 3. The van der Waals surface area contributed by atoms with Crippen molar-refractivity contribution in [3.8, 4) is 5.75 Å². The molecule has 1 aromatic carbocycles. The molecule has 0 unspecified atom stereocenters. The van der Waals surface area contributed by atoms with Crippen molar-refractivity contribution in [3.05, 3.63) is 59.7 Å². The summed E-state index contributed by atoms with van der Waals surface area (Å²) in [5.74, 6) is 0.379. The molecule has 17 heavy (non-hydrogen) atoms. The molecule has 2 N–H and O–H groups in total. The molecule has 0 spiro atoms. The smallest absolute Gasteiger partial charge is 0.129 e. The van der Waals surface area contributed by atoms with Crippen molar-refractivity contribution < 1.29 is 9.13 Å². The van der Waals surface area contributed by atoms with Crippen molar-refractivity contribution in [2.24, 2.45) is 5.73 Å². The van der Waals surface area contributed by atoms with E-state index in [1.807, 2.05) is 0 Å². The number of benzene rings is 1. The van der Waals surface area contributed by atoms with Gasteiger partial charge in [0.1, 0.15) is 18.2 Å². The monoisotopic (exact) mass is 232 g/mol. The molecule has 1 aromatic heterocycles. The Morgan fingerprint density at radius 2 is 2.06 bits per heavy atom. The third-order valence-corrected chi connectivity index (χ3v) is 2.35. The van der Waals surface area contributed by atoms with Gasteiger partial charge in [-0.05, 0) is 12.1 Å². The highest BCUT2D eigenvalue weighted by Crippen LogP contribution is 2.14. The molecular formula is C13H13FN2O. The van der Waals surface area contributed by atoms with E-state index in [2.05, 4.69) is 4.98 Å². The number of halogens is 1. The van der Waals surface area contributed by atoms with Gasteiger partial charge in [0.05, 0.1) is 5.69 Å². The molecule has 2 rings (SSSR count). The van der Waals surface area contributed by atoms with Gasteiger partial charge in [-0.15, -0.1) is 0 Å². The molecule has 0 atom stereocenters. The number of hydrogen-bond donors (Lipinski definition) is 1. The molecule has 0 fully saturated rings. The first-order chi connectivity index (χ1) is 8.29. The zero-order valence-corrected chi connectivity index (χ0v) is 9.27. The van der Waals surface area contributed by atoms with Gasteiger partial charge in [-0.3, -0.25) is 4.98 Å². The minimum atomic E-state index is -0.263. The number of nitrogens with zero attached hydrogens (tertiary/aromatic N) is 1. The van der Waals surface area contributed by atoms with E-state index in [1.54, 1.807) is 36.5 Å². The largest absolute Gasteiger partial charge is 0.489 e. The second-order valence-electron chi connectivity index (χ2n) is 3.57. The van der Waals surface area contributed by atoms with E-state index >= 15 is 0 Å². The normalized spacial score (nSPS) is 10.2. The molecule has 0 saturated heterocycles. The summed E-state index contributed by atoms with van der Waals surface area (Å²) >= 11 is 0. The van der Waals surface area contributed by atoms with Crippen molar-refractivity contribution in [3.63, 3.8) is 0 Å². The first kappa shape index (κ1) is 11.5. The predicted molar refractivity (Wildman–Crippen MR) is 62.9 cm³/mol. The average Bonchev–Trinajstić information content (AvgIpc) is 2.38. The Balaban J connectivity index is 2.05. The Morgan fingerprint density at radius 3 is 2.82 bits per heavy atom. The minimum absolute atomic E-state index is 0.195. The van der Waals surface area contributed by atoms with Crippen LogP contribution < -0.4 is 10.5 Å². The van der Waals surface area contributed by atoms with Crippen LogP contribution in [0.5, 0.6) is 5.75 Å². The second kappa shape index (κ2) is 5.41. The zero-order valence-electron chi connectivity index (χ0n) is 9.27.